The SMILES string of the molecule is CC(C)=C[C@@H]1C[C@H]([C@H]2CC[C@@]3(C)[C@@H]4CC[C@@H]5C(C)(C)C(=O)CC[C@@]56C[C@@]46CC[C@]23C)CO1. The molecule has 6 aliphatic rings. The molecular formula is C30H46O2. The van der Waals surface area contributed by atoms with Gasteiger partial charge in [0.1, 0.15) is 5.78 Å². The van der Waals surface area contributed by atoms with E-state index in [1.807, 2.05) is 0 Å². The molecule has 1 aliphatic heterocycles. The molecule has 1 saturated heterocycles. The van der Waals surface area contributed by atoms with E-state index in [1.54, 1.807) is 0 Å². The average molecular weight is 439 g/mol. The Kier molecular flexibility index (Phi) is 4.46. The van der Waals surface area contributed by atoms with Crippen LogP contribution in [0.4, 0.5) is 0 Å². The second kappa shape index (κ2) is 6.52. The topological polar surface area (TPSA) is 26.3 Å². The predicted octanol–water partition coefficient (Wildman–Crippen LogP) is 7.37. The molecule has 0 radical (unpaired) electrons. The van der Waals surface area contributed by atoms with Gasteiger partial charge in [-0.2, -0.15) is 0 Å². The van der Waals surface area contributed by atoms with Crippen LogP contribution in [0.15, 0.2) is 11.6 Å². The van der Waals surface area contributed by atoms with Gasteiger partial charge in [0.05, 0.1) is 12.7 Å². The number of carbonyl (C=O) groups is 1. The molecule has 2 heteroatoms. The van der Waals surface area contributed by atoms with Gasteiger partial charge in [-0.1, -0.05) is 39.3 Å². The lowest BCUT2D eigenvalue weighted by Crippen LogP contribution is -2.57. The lowest BCUT2D eigenvalue weighted by Gasteiger charge is -2.62. The molecule has 1 heterocycles. The molecule has 5 aliphatic carbocycles. The molecule has 0 bridgehead atoms. The minimum atomic E-state index is -0.0896. The first-order valence-corrected chi connectivity index (χ1v) is 13.8. The van der Waals surface area contributed by atoms with Crippen LogP contribution in [0.1, 0.15) is 106 Å². The molecule has 6 rings (SSSR count). The standard InChI is InChI=1S/C30H46O2/c1-19(2)15-21-16-20(17-32-21)22-9-11-28(6)24-8-7-23-26(3,4)25(31)10-12-29(23)18-30(24,29)14-13-27(22,28)5/h15,20-24H,7-14,16-18H2,1-6H3/t20-,21+,22+,23+,24-,27+,28-,29+,30-/m0/s1. The van der Waals surface area contributed by atoms with Crippen LogP contribution < -0.4 is 0 Å². The summed E-state index contributed by atoms with van der Waals surface area (Å²) in [5.41, 5.74) is 3.31. The van der Waals surface area contributed by atoms with Crippen molar-refractivity contribution < 1.29 is 9.53 Å². The van der Waals surface area contributed by atoms with E-state index in [-0.39, 0.29) is 5.41 Å². The van der Waals surface area contributed by atoms with Gasteiger partial charge in [0.15, 0.2) is 0 Å². The fourth-order valence-electron chi connectivity index (χ4n) is 11.4. The summed E-state index contributed by atoms with van der Waals surface area (Å²) in [7, 11) is 0. The zero-order chi connectivity index (χ0) is 22.7. The normalized spacial score (nSPS) is 55.4. The zero-order valence-electron chi connectivity index (χ0n) is 21.6. The van der Waals surface area contributed by atoms with E-state index in [4.69, 9.17) is 4.74 Å². The van der Waals surface area contributed by atoms with Gasteiger partial charge in [-0.05, 0) is 117 Å². The number of Topliss-reactive ketones (excluding diaryl/α,β-unsaturated/α-hetero) is 1. The molecule has 32 heavy (non-hydrogen) atoms. The summed E-state index contributed by atoms with van der Waals surface area (Å²) in [4.78, 5) is 12.9. The molecule has 178 valence electrons. The summed E-state index contributed by atoms with van der Waals surface area (Å²) in [6.45, 7) is 15.4. The zero-order valence-corrected chi connectivity index (χ0v) is 21.6. The Labute approximate surface area is 196 Å². The van der Waals surface area contributed by atoms with Gasteiger partial charge in [-0.3, -0.25) is 4.79 Å². The molecule has 0 aromatic heterocycles. The van der Waals surface area contributed by atoms with Crippen molar-refractivity contribution in [2.24, 2.45) is 50.7 Å². The Bertz CT molecular complexity index is 866. The molecular weight excluding hydrogens is 392 g/mol. The molecule has 0 N–H and O–H groups in total. The molecule has 2 spiro atoms. The molecule has 5 saturated carbocycles. The van der Waals surface area contributed by atoms with Crippen LogP contribution in [0, 0.1) is 50.7 Å². The number of ether oxygens (including phenoxy) is 1. The Balaban J connectivity index is 1.29. The Morgan fingerprint density at radius 1 is 0.906 bits per heavy atom. The molecule has 0 aromatic carbocycles. The van der Waals surface area contributed by atoms with Crippen molar-refractivity contribution in [2.45, 2.75) is 112 Å². The van der Waals surface area contributed by atoms with E-state index in [9.17, 15) is 4.79 Å². The van der Waals surface area contributed by atoms with E-state index in [0.29, 0.717) is 39.5 Å². The highest BCUT2D eigenvalue weighted by Crippen LogP contribution is 2.88. The van der Waals surface area contributed by atoms with Crippen LogP contribution in [0.25, 0.3) is 0 Å². The van der Waals surface area contributed by atoms with Gasteiger partial charge in [-0.25, -0.2) is 0 Å². The van der Waals surface area contributed by atoms with E-state index in [2.05, 4.69) is 47.6 Å². The van der Waals surface area contributed by atoms with Crippen molar-refractivity contribution in [1.29, 1.82) is 0 Å². The number of rotatable bonds is 2. The van der Waals surface area contributed by atoms with Crippen molar-refractivity contribution in [3.8, 4) is 0 Å². The maximum absolute atomic E-state index is 12.9. The largest absolute Gasteiger partial charge is 0.374 e. The second-order valence-corrected chi connectivity index (χ2v) is 14.4. The minimum Gasteiger partial charge on any atom is -0.374 e. The maximum Gasteiger partial charge on any atom is 0.138 e. The summed E-state index contributed by atoms with van der Waals surface area (Å²) in [5.74, 6) is 3.65. The molecule has 0 unspecified atom stereocenters. The summed E-state index contributed by atoms with van der Waals surface area (Å²) in [6, 6.07) is 0. The van der Waals surface area contributed by atoms with Crippen LogP contribution in [0.3, 0.4) is 0 Å². The van der Waals surface area contributed by atoms with E-state index in [0.717, 1.165) is 30.8 Å². The van der Waals surface area contributed by atoms with Gasteiger partial charge in [0, 0.05) is 11.8 Å². The minimum absolute atomic E-state index is 0.0896. The third-order valence-corrected chi connectivity index (χ3v) is 13.1. The highest BCUT2D eigenvalue weighted by molar-refractivity contribution is 5.86. The van der Waals surface area contributed by atoms with E-state index < -0.39 is 0 Å². The summed E-state index contributed by atoms with van der Waals surface area (Å²) in [6.07, 6.45) is 15.8. The van der Waals surface area contributed by atoms with Gasteiger partial charge in [0.25, 0.3) is 0 Å². The number of allylic oxidation sites excluding steroid dienone is 1. The van der Waals surface area contributed by atoms with E-state index in [1.165, 1.54) is 63.4 Å². The van der Waals surface area contributed by atoms with Crippen LogP contribution in [0.5, 0.6) is 0 Å². The average Bonchev–Trinajstić information content (AvgIpc) is 3.02. The highest BCUT2D eigenvalue weighted by atomic mass is 16.5. The van der Waals surface area contributed by atoms with Gasteiger partial charge < -0.3 is 4.74 Å². The van der Waals surface area contributed by atoms with Gasteiger partial charge >= 0.3 is 0 Å². The maximum atomic E-state index is 12.9. The number of carbonyl (C=O) groups excluding carboxylic acids is 1. The Hall–Kier alpha value is -0.630. The highest BCUT2D eigenvalue weighted by Gasteiger charge is 2.82. The Morgan fingerprint density at radius 3 is 2.38 bits per heavy atom. The molecule has 9 atom stereocenters. The quantitative estimate of drug-likeness (QED) is 0.421. The first-order valence-electron chi connectivity index (χ1n) is 13.8. The summed E-state index contributed by atoms with van der Waals surface area (Å²) >= 11 is 0. The first-order chi connectivity index (χ1) is 15.0. The molecule has 6 fully saturated rings. The monoisotopic (exact) mass is 438 g/mol. The van der Waals surface area contributed by atoms with Crippen molar-refractivity contribution in [3.63, 3.8) is 0 Å². The van der Waals surface area contributed by atoms with Crippen molar-refractivity contribution in [1.82, 2.24) is 0 Å². The second-order valence-electron chi connectivity index (χ2n) is 14.4. The predicted molar refractivity (Wildman–Crippen MR) is 129 cm³/mol. The number of hydrogen-bond donors (Lipinski definition) is 0. The third-order valence-electron chi connectivity index (χ3n) is 13.1. The number of ketones is 1. The lowest BCUT2D eigenvalue weighted by molar-refractivity contribution is -0.157. The molecule has 2 nitrogen and oxygen atoms in total. The van der Waals surface area contributed by atoms with Crippen LogP contribution >= 0.6 is 0 Å². The number of hydrogen-bond acceptors (Lipinski definition) is 2. The van der Waals surface area contributed by atoms with Crippen LogP contribution in [0.2, 0.25) is 0 Å². The lowest BCUT2D eigenvalue weighted by atomic mass is 9.42. The first kappa shape index (κ1) is 21.9. The summed E-state index contributed by atoms with van der Waals surface area (Å²) in [5, 5.41) is 0. The fraction of sp³-hybridized carbons (Fsp3) is 0.900. The van der Waals surface area contributed by atoms with Crippen molar-refractivity contribution >= 4 is 5.78 Å². The fourth-order valence-corrected chi connectivity index (χ4v) is 11.4. The van der Waals surface area contributed by atoms with Gasteiger partial charge in [0.2, 0.25) is 0 Å². The smallest absolute Gasteiger partial charge is 0.138 e. The van der Waals surface area contributed by atoms with Crippen molar-refractivity contribution in [2.75, 3.05) is 6.61 Å². The Morgan fingerprint density at radius 2 is 1.62 bits per heavy atom. The van der Waals surface area contributed by atoms with Crippen LogP contribution in [-0.4, -0.2) is 18.5 Å². The van der Waals surface area contributed by atoms with E-state index >= 15 is 0 Å². The van der Waals surface area contributed by atoms with Crippen LogP contribution in [-0.2, 0) is 9.53 Å². The molecule has 0 amide bonds. The number of fused-ring (bicyclic) bond motifs is 2. The van der Waals surface area contributed by atoms with Crippen molar-refractivity contribution in [3.05, 3.63) is 11.6 Å². The molecule has 0 aromatic rings. The van der Waals surface area contributed by atoms with Gasteiger partial charge in [-0.15, -0.1) is 0 Å². The third kappa shape index (κ3) is 2.44. The summed E-state index contributed by atoms with van der Waals surface area (Å²) < 4.78 is 6.28.